The quantitative estimate of drug-likeness (QED) is 0.854. The lowest BCUT2D eigenvalue weighted by molar-refractivity contribution is 0.208. The van der Waals surface area contributed by atoms with Gasteiger partial charge in [0.25, 0.3) is 0 Å². The van der Waals surface area contributed by atoms with Crippen LogP contribution in [0.3, 0.4) is 0 Å². The summed E-state index contributed by atoms with van der Waals surface area (Å²) in [5, 5.41) is 0.951. The molecule has 1 heterocycles. The van der Waals surface area contributed by atoms with Gasteiger partial charge in [-0.15, -0.1) is 12.4 Å². The number of hydrogen-bond donors (Lipinski definition) is 0. The van der Waals surface area contributed by atoms with Crippen LogP contribution in [0.5, 0.6) is 11.5 Å². The van der Waals surface area contributed by atoms with E-state index in [0.29, 0.717) is 5.75 Å². The zero-order valence-electron chi connectivity index (χ0n) is 10.7. The summed E-state index contributed by atoms with van der Waals surface area (Å²) in [6, 6.07) is 3.79. The van der Waals surface area contributed by atoms with Crippen molar-refractivity contribution in [2.75, 3.05) is 7.11 Å². The summed E-state index contributed by atoms with van der Waals surface area (Å²) in [5.41, 5.74) is 0.855. The standard InChI is InChI=1S/C13H16N2O2.ClH/c1-4-9(2)17-13-5-10-7-14-8-15-11(10)6-12(13)16-3;/h5-9H,4H2,1-3H3;1H. The van der Waals surface area contributed by atoms with E-state index in [1.165, 1.54) is 6.33 Å². The number of hydrogen-bond acceptors (Lipinski definition) is 4. The fraction of sp³-hybridized carbons (Fsp3) is 0.385. The van der Waals surface area contributed by atoms with E-state index in [1.807, 2.05) is 19.1 Å². The minimum Gasteiger partial charge on any atom is -0.493 e. The first-order valence-electron chi connectivity index (χ1n) is 5.69. The third kappa shape index (κ3) is 3.01. The minimum absolute atomic E-state index is 0. The molecular weight excluding hydrogens is 252 g/mol. The van der Waals surface area contributed by atoms with Gasteiger partial charge in [0.2, 0.25) is 0 Å². The first-order chi connectivity index (χ1) is 8.24. The lowest BCUT2D eigenvalue weighted by Crippen LogP contribution is -2.10. The van der Waals surface area contributed by atoms with Crippen LogP contribution in [0.15, 0.2) is 24.7 Å². The molecule has 4 nitrogen and oxygen atoms in total. The predicted molar refractivity (Wildman–Crippen MR) is 73.7 cm³/mol. The largest absolute Gasteiger partial charge is 0.493 e. The molecule has 1 aromatic heterocycles. The second-order valence-electron chi connectivity index (χ2n) is 3.92. The van der Waals surface area contributed by atoms with E-state index in [0.717, 1.165) is 23.1 Å². The molecule has 2 aromatic rings. The highest BCUT2D eigenvalue weighted by atomic mass is 35.5. The molecule has 0 spiro atoms. The number of benzene rings is 1. The monoisotopic (exact) mass is 268 g/mol. The molecule has 1 aromatic carbocycles. The van der Waals surface area contributed by atoms with Crippen LogP contribution in [0.25, 0.3) is 10.9 Å². The minimum atomic E-state index is 0. The van der Waals surface area contributed by atoms with Gasteiger partial charge in [-0.25, -0.2) is 9.97 Å². The summed E-state index contributed by atoms with van der Waals surface area (Å²) in [4.78, 5) is 8.18. The number of methoxy groups -OCH3 is 1. The molecule has 0 amide bonds. The van der Waals surface area contributed by atoms with E-state index >= 15 is 0 Å². The zero-order chi connectivity index (χ0) is 12.3. The number of fused-ring (bicyclic) bond motifs is 1. The Kier molecular flexibility index (Phi) is 5.16. The predicted octanol–water partition coefficient (Wildman–Crippen LogP) is 3.24. The molecule has 0 bridgehead atoms. The van der Waals surface area contributed by atoms with E-state index in [9.17, 15) is 0 Å². The first kappa shape index (κ1) is 14.5. The zero-order valence-corrected chi connectivity index (χ0v) is 11.5. The Hall–Kier alpha value is -1.55. The summed E-state index contributed by atoms with van der Waals surface area (Å²) in [5.74, 6) is 1.45. The molecule has 18 heavy (non-hydrogen) atoms. The fourth-order valence-electron chi connectivity index (χ4n) is 1.54. The molecule has 2 rings (SSSR count). The normalized spacial score (nSPS) is 11.7. The van der Waals surface area contributed by atoms with Crippen LogP contribution in [-0.4, -0.2) is 23.2 Å². The van der Waals surface area contributed by atoms with Crippen LogP contribution in [-0.2, 0) is 0 Å². The average molecular weight is 269 g/mol. The van der Waals surface area contributed by atoms with E-state index in [4.69, 9.17) is 9.47 Å². The summed E-state index contributed by atoms with van der Waals surface area (Å²) in [6.07, 6.45) is 4.40. The van der Waals surface area contributed by atoms with Crippen molar-refractivity contribution in [1.82, 2.24) is 9.97 Å². The van der Waals surface area contributed by atoms with Crippen molar-refractivity contribution in [3.63, 3.8) is 0 Å². The molecule has 5 heteroatoms. The van der Waals surface area contributed by atoms with Gasteiger partial charge in [0.1, 0.15) is 6.33 Å². The molecule has 0 N–H and O–H groups in total. The number of aromatic nitrogens is 2. The van der Waals surface area contributed by atoms with Gasteiger partial charge in [-0.1, -0.05) is 6.92 Å². The van der Waals surface area contributed by atoms with Crippen molar-refractivity contribution in [2.24, 2.45) is 0 Å². The Morgan fingerprint density at radius 2 is 2.06 bits per heavy atom. The third-order valence-corrected chi connectivity index (χ3v) is 2.69. The van der Waals surface area contributed by atoms with Gasteiger partial charge in [0.05, 0.1) is 18.7 Å². The lowest BCUT2D eigenvalue weighted by Gasteiger charge is -2.15. The summed E-state index contributed by atoms with van der Waals surface area (Å²) < 4.78 is 11.1. The summed E-state index contributed by atoms with van der Waals surface area (Å²) >= 11 is 0. The molecule has 0 radical (unpaired) electrons. The number of rotatable bonds is 4. The SMILES string of the molecule is CCC(C)Oc1cc2cncnc2cc1OC.Cl. The van der Waals surface area contributed by atoms with Crippen molar-refractivity contribution >= 4 is 23.3 Å². The Morgan fingerprint density at radius 3 is 2.72 bits per heavy atom. The van der Waals surface area contributed by atoms with Crippen LogP contribution in [0.4, 0.5) is 0 Å². The van der Waals surface area contributed by atoms with E-state index < -0.39 is 0 Å². The van der Waals surface area contributed by atoms with Crippen molar-refractivity contribution in [3.8, 4) is 11.5 Å². The Bertz CT molecular complexity index is 519. The molecule has 0 saturated heterocycles. The van der Waals surface area contributed by atoms with E-state index in [1.54, 1.807) is 13.3 Å². The summed E-state index contributed by atoms with van der Waals surface area (Å²) in [7, 11) is 1.63. The maximum Gasteiger partial charge on any atom is 0.162 e. The second-order valence-corrected chi connectivity index (χ2v) is 3.92. The topological polar surface area (TPSA) is 44.2 Å². The Labute approximate surface area is 113 Å². The molecule has 0 saturated carbocycles. The Morgan fingerprint density at radius 1 is 1.28 bits per heavy atom. The smallest absolute Gasteiger partial charge is 0.162 e. The Balaban J connectivity index is 0.00000162. The molecule has 98 valence electrons. The molecule has 0 fully saturated rings. The van der Waals surface area contributed by atoms with E-state index in [-0.39, 0.29) is 18.5 Å². The average Bonchev–Trinajstić information content (AvgIpc) is 2.37. The number of halogens is 1. The molecule has 0 aliphatic rings. The number of ether oxygens (including phenoxy) is 2. The summed E-state index contributed by atoms with van der Waals surface area (Å²) in [6.45, 7) is 4.12. The molecule has 1 atom stereocenters. The van der Waals surface area contributed by atoms with Crippen LogP contribution >= 0.6 is 12.4 Å². The maximum absolute atomic E-state index is 5.81. The molecular formula is C13H17ClN2O2. The van der Waals surface area contributed by atoms with Gasteiger partial charge >= 0.3 is 0 Å². The maximum atomic E-state index is 5.81. The van der Waals surface area contributed by atoms with Crippen LogP contribution in [0, 0.1) is 0 Å². The van der Waals surface area contributed by atoms with Gasteiger partial charge in [-0.2, -0.15) is 0 Å². The van der Waals surface area contributed by atoms with Crippen LogP contribution < -0.4 is 9.47 Å². The fourth-order valence-corrected chi connectivity index (χ4v) is 1.54. The highest BCUT2D eigenvalue weighted by Crippen LogP contribution is 2.32. The highest BCUT2D eigenvalue weighted by Gasteiger charge is 2.10. The van der Waals surface area contributed by atoms with Crippen molar-refractivity contribution in [2.45, 2.75) is 26.4 Å². The molecule has 0 aliphatic carbocycles. The second kappa shape index (κ2) is 6.40. The van der Waals surface area contributed by atoms with Gasteiger partial charge < -0.3 is 9.47 Å². The third-order valence-electron chi connectivity index (χ3n) is 2.69. The van der Waals surface area contributed by atoms with Gasteiger partial charge in [-0.3, -0.25) is 0 Å². The van der Waals surface area contributed by atoms with Crippen LogP contribution in [0.1, 0.15) is 20.3 Å². The molecule has 1 unspecified atom stereocenters. The van der Waals surface area contributed by atoms with Gasteiger partial charge in [-0.05, 0) is 19.4 Å². The molecule has 0 aliphatic heterocycles. The van der Waals surface area contributed by atoms with Crippen molar-refractivity contribution in [1.29, 1.82) is 0 Å². The van der Waals surface area contributed by atoms with Crippen LogP contribution in [0.2, 0.25) is 0 Å². The van der Waals surface area contributed by atoms with Crippen molar-refractivity contribution < 1.29 is 9.47 Å². The van der Waals surface area contributed by atoms with E-state index in [2.05, 4.69) is 16.9 Å². The number of nitrogens with zero attached hydrogens (tertiary/aromatic N) is 2. The lowest BCUT2D eigenvalue weighted by atomic mass is 10.2. The van der Waals surface area contributed by atoms with Gasteiger partial charge in [0.15, 0.2) is 11.5 Å². The first-order valence-corrected chi connectivity index (χ1v) is 5.69. The van der Waals surface area contributed by atoms with Crippen molar-refractivity contribution in [3.05, 3.63) is 24.7 Å². The van der Waals surface area contributed by atoms with Gasteiger partial charge in [0, 0.05) is 17.6 Å². The highest BCUT2D eigenvalue weighted by molar-refractivity contribution is 5.85.